The van der Waals surface area contributed by atoms with Crippen LogP contribution in [0.5, 0.6) is 0 Å². The SMILES string of the molecule is CCn1c(CC(=O)Nc2cccc(C)c2C)nnc1SCC(=O)Nc1cccc(F)c1. The Morgan fingerprint density at radius 3 is 2.58 bits per heavy atom. The first-order valence-electron chi connectivity index (χ1n) is 9.83. The molecule has 0 aliphatic heterocycles. The van der Waals surface area contributed by atoms with Crippen LogP contribution in [0, 0.1) is 19.7 Å². The molecule has 31 heavy (non-hydrogen) atoms. The van der Waals surface area contributed by atoms with Crippen molar-refractivity contribution in [1.82, 2.24) is 14.8 Å². The summed E-state index contributed by atoms with van der Waals surface area (Å²) in [7, 11) is 0. The lowest BCUT2D eigenvalue weighted by molar-refractivity contribution is -0.116. The molecule has 0 bridgehead atoms. The fourth-order valence-corrected chi connectivity index (χ4v) is 3.81. The Morgan fingerprint density at radius 2 is 1.84 bits per heavy atom. The van der Waals surface area contributed by atoms with E-state index >= 15 is 0 Å². The summed E-state index contributed by atoms with van der Waals surface area (Å²) in [5, 5.41) is 14.4. The molecule has 9 heteroatoms. The number of thioether (sulfide) groups is 1. The lowest BCUT2D eigenvalue weighted by Gasteiger charge is -2.11. The number of aryl methyl sites for hydroxylation is 1. The van der Waals surface area contributed by atoms with Crippen molar-refractivity contribution in [3.8, 4) is 0 Å². The second-order valence-corrected chi connectivity index (χ2v) is 7.91. The average Bonchev–Trinajstić information content (AvgIpc) is 3.11. The monoisotopic (exact) mass is 441 g/mol. The number of hydrogen-bond acceptors (Lipinski definition) is 5. The smallest absolute Gasteiger partial charge is 0.234 e. The van der Waals surface area contributed by atoms with Gasteiger partial charge < -0.3 is 15.2 Å². The number of carbonyl (C=O) groups excluding carboxylic acids is 2. The molecule has 2 aromatic carbocycles. The molecule has 0 aliphatic carbocycles. The Hall–Kier alpha value is -3.20. The third-order valence-electron chi connectivity index (χ3n) is 4.75. The maximum Gasteiger partial charge on any atom is 0.234 e. The van der Waals surface area contributed by atoms with E-state index in [1.54, 1.807) is 6.07 Å². The minimum absolute atomic E-state index is 0.0737. The topological polar surface area (TPSA) is 88.9 Å². The van der Waals surface area contributed by atoms with Crippen molar-refractivity contribution in [3.05, 3.63) is 65.2 Å². The van der Waals surface area contributed by atoms with Gasteiger partial charge in [-0.15, -0.1) is 10.2 Å². The van der Waals surface area contributed by atoms with Gasteiger partial charge in [-0.25, -0.2) is 4.39 Å². The minimum atomic E-state index is -0.417. The van der Waals surface area contributed by atoms with Crippen LogP contribution in [0.3, 0.4) is 0 Å². The summed E-state index contributed by atoms with van der Waals surface area (Å²) in [6, 6.07) is 11.5. The fourth-order valence-electron chi connectivity index (χ4n) is 2.99. The highest BCUT2D eigenvalue weighted by Crippen LogP contribution is 2.20. The molecular formula is C22H24FN5O2S. The number of nitrogens with one attached hydrogen (secondary N) is 2. The Balaban J connectivity index is 1.60. The summed E-state index contributed by atoms with van der Waals surface area (Å²) in [5.41, 5.74) is 3.29. The van der Waals surface area contributed by atoms with Crippen molar-refractivity contribution < 1.29 is 14.0 Å². The zero-order valence-electron chi connectivity index (χ0n) is 17.6. The minimum Gasteiger partial charge on any atom is -0.325 e. The van der Waals surface area contributed by atoms with Gasteiger partial charge in [0.05, 0.1) is 12.2 Å². The third kappa shape index (κ3) is 5.91. The highest BCUT2D eigenvalue weighted by Gasteiger charge is 2.16. The van der Waals surface area contributed by atoms with Gasteiger partial charge in [0.15, 0.2) is 5.16 Å². The van der Waals surface area contributed by atoms with Gasteiger partial charge in [-0.2, -0.15) is 0 Å². The van der Waals surface area contributed by atoms with Gasteiger partial charge in [-0.1, -0.05) is 30.0 Å². The molecule has 0 atom stereocenters. The van der Waals surface area contributed by atoms with Crippen LogP contribution >= 0.6 is 11.8 Å². The Kier molecular flexibility index (Phi) is 7.41. The summed E-state index contributed by atoms with van der Waals surface area (Å²) in [6.07, 6.45) is 0.0737. The summed E-state index contributed by atoms with van der Waals surface area (Å²) >= 11 is 1.21. The van der Waals surface area contributed by atoms with Crippen molar-refractivity contribution >= 4 is 35.0 Å². The quantitative estimate of drug-likeness (QED) is 0.517. The summed E-state index contributed by atoms with van der Waals surface area (Å²) in [4.78, 5) is 24.7. The van der Waals surface area contributed by atoms with Crippen LogP contribution in [0.4, 0.5) is 15.8 Å². The fraction of sp³-hybridized carbons (Fsp3) is 0.273. The van der Waals surface area contributed by atoms with E-state index in [4.69, 9.17) is 0 Å². The number of nitrogens with zero attached hydrogens (tertiary/aromatic N) is 3. The van der Waals surface area contributed by atoms with E-state index < -0.39 is 5.82 Å². The number of amides is 2. The van der Waals surface area contributed by atoms with Crippen molar-refractivity contribution in [2.75, 3.05) is 16.4 Å². The molecule has 1 aromatic heterocycles. The lowest BCUT2D eigenvalue weighted by atomic mass is 10.1. The molecule has 0 saturated carbocycles. The molecule has 2 amide bonds. The highest BCUT2D eigenvalue weighted by atomic mass is 32.2. The van der Waals surface area contributed by atoms with Crippen molar-refractivity contribution in [3.63, 3.8) is 0 Å². The standard InChI is InChI=1S/C22H24FN5O2S/c1-4-28-19(12-20(29)25-18-10-5-7-14(2)15(18)3)26-27-22(28)31-13-21(30)24-17-9-6-8-16(23)11-17/h5-11H,4,12-13H2,1-3H3,(H,24,30)(H,25,29). The zero-order valence-corrected chi connectivity index (χ0v) is 18.4. The number of hydrogen-bond donors (Lipinski definition) is 2. The Labute approximate surface area is 184 Å². The molecule has 162 valence electrons. The predicted octanol–water partition coefficient (Wildman–Crippen LogP) is 3.97. The van der Waals surface area contributed by atoms with Gasteiger partial charge >= 0.3 is 0 Å². The summed E-state index contributed by atoms with van der Waals surface area (Å²) < 4.78 is 15.1. The van der Waals surface area contributed by atoms with E-state index in [-0.39, 0.29) is 24.0 Å². The first kappa shape index (κ1) is 22.5. The third-order valence-corrected chi connectivity index (χ3v) is 5.71. The second-order valence-electron chi connectivity index (χ2n) is 6.96. The molecule has 3 aromatic rings. The van der Waals surface area contributed by atoms with Crippen LogP contribution in [0.25, 0.3) is 0 Å². The molecule has 0 unspecified atom stereocenters. The number of benzene rings is 2. The molecule has 0 spiro atoms. The number of rotatable bonds is 8. The number of aromatic nitrogens is 3. The van der Waals surface area contributed by atoms with Crippen molar-refractivity contribution in [1.29, 1.82) is 0 Å². The molecular weight excluding hydrogens is 417 g/mol. The number of anilines is 2. The molecule has 1 heterocycles. The van der Waals surface area contributed by atoms with Gasteiger partial charge in [0.2, 0.25) is 11.8 Å². The van der Waals surface area contributed by atoms with Gasteiger partial charge in [-0.05, 0) is 56.2 Å². The highest BCUT2D eigenvalue weighted by molar-refractivity contribution is 7.99. The van der Waals surface area contributed by atoms with Crippen LogP contribution in [0.15, 0.2) is 47.6 Å². The van der Waals surface area contributed by atoms with E-state index in [1.165, 1.54) is 30.0 Å². The van der Waals surface area contributed by atoms with Gasteiger partial charge in [-0.3, -0.25) is 9.59 Å². The molecule has 3 rings (SSSR count). The first-order chi connectivity index (χ1) is 14.9. The second kappa shape index (κ2) is 10.2. The van der Waals surface area contributed by atoms with E-state index in [0.29, 0.717) is 23.2 Å². The molecule has 0 saturated heterocycles. The first-order valence-corrected chi connectivity index (χ1v) is 10.8. The van der Waals surface area contributed by atoms with E-state index in [1.807, 2.05) is 43.5 Å². The van der Waals surface area contributed by atoms with Crippen LogP contribution in [-0.4, -0.2) is 32.3 Å². The average molecular weight is 442 g/mol. The molecule has 0 fully saturated rings. The largest absolute Gasteiger partial charge is 0.325 e. The Bertz CT molecular complexity index is 1100. The molecule has 0 radical (unpaired) electrons. The normalized spacial score (nSPS) is 10.7. The number of halogens is 1. The van der Waals surface area contributed by atoms with Crippen LogP contribution in [0.1, 0.15) is 23.9 Å². The van der Waals surface area contributed by atoms with Crippen molar-refractivity contribution in [2.45, 2.75) is 38.9 Å². The zero-order chi connectivity index (χ0) is 22.4. The van der Waals surface area contributed by atoms with E-state index in [0.717, 1.165) is 16.8 Å². The predicted molar refractivity (Wildman–Crippen MR) is 120 cm³/mol. The van der Waals surface area contributed by atoms with Crippen molar-refractivity contribution in [2.24, 2.45) is 0 Å². The molecule has 7 nitrogen and oxygen atoms in total. The Morgan fingerprint density at radius 1 is 1.06 bits per heavy atom. The maximum atomic E-state index is 13.2. The van der Waals surface area contributed by atoms with Gasteiger partial charge in [0.25, 0.3) is 0 Å². The van der Waals surface area contributed by atoms with Crippen LogP contribution in [-0.2, 0) is 22.6 Å². The maximum absolute atomic E-state index is 13.2. The van der Waals surface area contributed by atoms with Crippen LogP contribution < -0.4 is 10.6 Å². The number of carbonyl (C=O) groups is 2. The van der Waals surface area contributed by atoms with Gasteiger partial charge in [0, 0.05) is 17.9 Å². The van der Waals surface area contributed by atoms with E-state index in [2.05, 4.69) is 20.8 Å². The molecule has 0 aliphatic rings. The summed E-state index contributed by atoms with van der Waals surface area (Å²) in [6.45, 7) is 6.44. The van der Waals surface area contributed by atoms with Crippen LogP contribution in [0.2, 0.25) is 0 Å². The van der Waals surface area contributed by atoms with E-state index in [9.17, 15) is 14.0 Å². The lowest BCUT2D eigenvalue weighted by Crippen LogP contribution is -2.18. The van der Waals surface area contributed by atoms with Gasteiger partial charge in [0.1, 0.15) is 11.6 Å². The molecule has 2 N–H and O–H groups in total. The summed E-state index contributed by atoms with van der Waals surface area (Å²) in [5.74, 6) is -0.270.